The zero-order valence-corrected chi connectivity index (χ0v) is 3.78. The Morgan fingerprint density at radius 1 is 1.40 bits per heavy atom. The molecular weight excluding hydrogens is 113 g/mol. The van der Waals surface area contributed by atoms with Gasteiger partial charge in [0.05, 0.1) is 0 Å². The van der Waals surface area contributed by atoms with E-state index in [0.29, 0.717) is 0 Å². The normalized spacial score (nSPS) is 5.00. The summed E-state index contributed by atoms with van der Waals surface area (Å²) in [6.07, 6.45) is 0. The predicted octanol–water partition coefficient (Wildman–Crippen LogP) is -1.27. The Labute approximate surface area is 33.8 Å². The molecule has 0 radical (unpaired) electrons. The van der Waals surface area contributed by atoms with Crippen LogP contribution in [-0.4, -0.2) is 0 Å². The molecule has 0 unspecified atom stereocenters. The molecule has 0 saturated carbocycles. The molecule has 3 N–H and O–H groups in total. The van der Waals surface area contributed by atoms with Crippen molar-refractivity contribution in [2.24, 2.45) is 0 Å². The molecule has 0 spiro atoms. The zero-order chi connectivity index (χ0) is 3.58. The molecule has 0 bridgehead atoms. The van der Waals surface area contributed by atoms with Gasteiger partial charge in [0.2, 0.25) is 0 Å². The van der Waals surface area contributed by atoms with Crippen molar-refractivity contribution in [3.63, 3.8) is 0 Å². The molecular formula is H3NO3V-. The third kappa shape index (κ3) is 1670. The molecule has 0 amide bonds. The van der Waals surface area contributed by atoms with Crippen molar-refractivity contribution in [2.75, 3.05) is 0 Å². The Balaban J connectivity index is 0. The first-order valence-corrected chi connectivity index (χ1v) is 2.26. The Bertz CT molecular complexity index is 55.3. The molecule has 0 aliphatic carbocycles. The predicted molar refractivity (Wildman–Crippen MR) is 6.40 cm³/mol. The van der Waals surface area contributed by atoms with Crippen LogP contribution in [0.1, 0.15) is 0 Å². The van der Waals surface area contributed by atoms with Crippen LogP contribution >= 0.6 is 0 Å². The van der Waals surface area contributed by atoms with Crippen molar-refractivity contribution in [1.82, 2.24) is 6.15 Å². The fraction of sp³-hybridized carbons (Fsp3) is 0. The van der Waals surface area contributed by atoms with Gasteiger partial charge in [0.1, 0.15) is 0 Å². The van der Waals surface area contributed by atoms with Gasteiger partial charge >= 0.3 is 26.8 Å². The third-order valence-electron chi connectivity index (χ3n) is 0. The van der Waals surface area contributed by atoms with Gasteiger partial charge in [-0.15, -0.1) is 0 Å². The van der Waals surface area contributed by atoms with Gasteiger partial charge in [0.25, 0.3) is 0 Å². The molecule has 5 heteroatoms. The summed E-state index contributed by atoms with van der Waals surface area (Å²) in [7, 11) is 0. The molecule has 0 aliphatic rings. The number of rotatable bonds is 0. The molecule has 0 aromatic heterocycles. The first-order valence-electron chi connectivity index (χ1n) is 0.548. The topological polar surface area (TPSA) is 92.2 Å². The second-order valence-electron chi connectivity index (χ2n) is 0.224. The van der Waals surface area contributed by atoms with Crippen molar-refractivity contribution < 1.29 is 26.8 Å². The van der Waals surface area contributed by atoms with Crippen molar-refractivity contribution in [3.8, 4) is 0 Å². The Kier molecular flexibility index (Phi) is 7.32. The summed E-state index contributed by atoms with van der Waals surface area (Å²) in [5.41, 5.74) is 0. The minimum atomic E-state index is -3.94. The Morgan fingerprint density at radius 3 is 1.40 bits per heavy atom. The van der Waals surface area contributed by atoms with Gasteiger partial charge in [-0.2, -0.15) is 0 Å². The van der Waals surface area contributed by atoms with Gasteiger partial charge < -0.3 is 6.15 Å². The molecule has 0 aromatic rings. The maximum absolute atomic E-state index is 8.56. The molecule has 5 heavy (non-hydrogen) atoms. The molecule has 0 heterocycles. The van der Waals surface area contributed by atoms with Crippen molar-refractivity contribution >= 4 is 0 Å². The fourth-order valence-corrected chi connectivity index (χ4v) is 0. The Hall–Kier alpha value is 0.104. The third-order valence-corrected chi connectivity index (χ3v) is 0. The quantitative estimate of drug-likeness (QED) is 0.427. The van der Waals surface area contributed by atoms with E-state index in [1.807, 2.05) is 0 Å². The van der Waals surface area contributed by atoms with Crippen LogP contribution in [-0.2, 0) is 22.7 Å². The van der Waals surface area contributed by atoms with Gasteiger partial charge in [0, 0.05) is 0 Å². The molecule has 0 aliphatic heterocycles. The Morgan fingerprint density at radius 2 is 1.40 bits per heavy atom. The molecule has 4 nitrogen and oxygen atoms in total. The van der Waals surface area contributed by atoms with Gasteiger partial charge in [-0.1, -0.05) is 0 Å². The average molecular weight is 116 g/mol. The van der Waals surface area contributed by atoms with Crippen LogP contribution in [0.2, 0.25) is 0 Å². The first-order chi connectivity index (χ1) is 1.73. The summed E-state index contributed by atoms with van der Waals surface area (Å²) in [5, 5.41) is 0. The van der Waals surface area contributed by atoms with E-state index in [0.717, 1.165) is 0 Å². The van der Waals surface area contributed by atoms with Crippen molar-refractivity contribution in [2.45, 2.75) is 0 Å². The SMILES string of the molecule is N.[O]=[V](=[O])[O-]. The van der Waals surface area contributed by atoms with E-state index in [4.69, 9.17) is 11.4 Å². The van der Waals surface area contributed by atoms with Gasteiger partial charge in [-0.3, -0.25) is 0 Å². The summed E-state index contributed by atoms with van der Waals surface area (Å²) in [6, 6.07) is 0. The summed E-state index contributed by atoms with van der Waals surface area (Å²) >= 11 is -3.94. The summed E-state index contributed by atoms with van der Waals surface area (Å²) in [5.74, 6) is 0. The van der Waals surface area contributed by atoms with Crippen molar-refractivity contribution in [1.29, 1.82) is 0 Å². The van der Waals surface area contributed by atoms with Gasteiger partial charge in [0.15, 0.2) is 0 Å². The monoisotopic (exact) mass is 116 g/mol. The second kappa shape index (κ2) is 4.10. The van der Waals surface area contributed by atoms with Crippen LogP contribution in [0.25, 0.3) is 0 Å². The summed E-state index contributed by atoms with van der Waals surface area (Å²) in [6.45, 7) is 0. The van der Waals surface area contributed by atoms with E-state index in [9.17, 15) is 0 Å². The zero-order valence-electron chi connectivity index (χ0n) is 2.38. The van der Waals surface area contributed by atoms with Gasteiger partial charge in [-0.05, 0) is 0 Å². The summed E-state index contributed by atoms with van der Waals surface area (Å²) in [4.78, 5) is 0. The standard InChI is InChI=1S/H3N.3O.V/h1H3;;;;/q;;;-1;. The van der Waals surface area contributed by atoms with E-state index in [-0.39, 0.29) is 6.15 Å². The maximum atomic E-state index is 8.56. The van der Waals surface area contributed by atoms with E-state index in [1.54, 1.807) is 0 Å². The van der Waals surface area contributed by atoms with E-state index in [1.165, 1.54) is 0 Å². The van der Waals surface area contributed by atoms with Crippen LogP contribution in [0.15, 0.2) is 0 Å². The van der Waals surface area contributed by atoms with E-state index < -0.39 is 15.4 Å². The minimum absolute atomic E-state index is 0. The van der Waals surface area contributed by atoms with Crippen LogP contribution in [0.3, 0.4) is 0 Å². The van der Waals surface area contributed by atoms with E-state index >= 15 is 0 Å². The number of hydrogen-bond donors (Lipinski definition) is 1. The number of hydrogen-bond acceptors (Lipinski definition) is 4. The van der Waals surface area contributed by atoms with Gasteiger partial charge in [-0.25, -0.2) is 0 Å². The first kappa shape index (κ1) is 8.92. The molecule has 0 saturated heterocycles. The van der Waals surface area contributed by atoms with Crippen molar-refractivity contribution in [3.05, 3.63) is 0 Å². The van der Waals surface area contributed by atoms with Crippen LogP contribution in [0, 0.1) is 0 Å². The molecule has 0 fully saturated rings. The van der Waals surface area contributed by atoms with Crippen LogP contribution in [0.5, 0.6) is 0 Å². The fourth-order valence-electron chi connectivity index (χ4n) is 0. The molecule has 32 valence electrons. The molecule has 0 rings (SSSR count). The second-order valence-corrected chi connectivity index (χ2v) is 0.922. The van der Waals surface area contributed by atoms with Crippen LogP contribution in [0.4, 0.5) is 0 Å². The molecule has 0 aromatic carbocycles. The van der Waals surface area contributed by atoms with E-state index in [2.05, 4.69) is 0 Å². The van der Waals surface area contributed by atoms with Crippen LogP contribution < -0.4 is 10.2 Å². The summed E-state index contributed by atoms with van der Waals surface area (Å²) < 4.78 is 25.7. The molecule has 0 atom stereocenters. The average Bonchev–Trinajstić information content (AvgIpc) is 0.811.